The van der Waals surface area contributed by atoms with Gasteiger partial charge >= 0.3 is 0 Å². The molecule has 1 aromatic heterocycles. The van der Waals surface area contributed by atoms with Gasteiger partial charge in [0.15, 0.2) is 0 Å². The first-order valence-corrected chi connectivity index (χ1v) is 2.83. The summed E-state index contributed by atoms with van der Waals surface area (Å²) in [5.74, 6) is 0. The van der Waals surface area contributed by atoms with Gasteiger partial charge in [-0.15, -0.1) is 11.3 Å². The van der Waals surface area contributed by atoms with Crippen LogP contribution in [-0.2, 0) is 11.7 Å². The van der Waals surface area contributed by atoms with Crippen molar-refractivity contribution in [3.63, 3.8) is 0 Å². The Bertz CT molecular complexity index is 126. The van der Waals surface area contributed by atoms with Crippen molar-refractivity contribution in [1.82, 2.24) is 4.98 Å². The number of thiazole rings is 1. The van der Waals surface area contributed by atoms with Crippen molar-refractivity contribution in [2.45, 2.75) is 6.61 Å². The van der Waals surface area contributed by atoms with Gasteiger partial charge in [0, 0.05) is 5.38 Å². The lowest BCUT2D eigenvalue weighted by molar-refractivity contribution is 0.174. The van der Waals surface area contributed by atoms with Crippen LogP contribution in [0.3, 0.4) is 0 Å². The molecule has 0 aliphatic heterocycles. The highest BCUT2D eigenvalue weighted by Crippen LogP contribution is 1.98. The van der Waals surface area contributed by atoms with Crippen LogP contribution in [-0.4, -0.2) is 4.98 Å². The van der Waals surface area contributed by atoms with Gasteiger partial charge in [-0.3, -0.25) is 0 Å². The Hall–Kier alpha value is -0.410. The number of aromatic nitrogens is 1. The Kier molecular flexibility index (Phi) is 1.38. The molecule has 0 fully saturated rings. The first-order chi connectivity index (χ1) is 3.43. The lowest BCUT2D eigenvalue weighted by Gasteiger charge is -1.74. The fourth-order valence-corrected chi connectivity index (χ4v) is 0.852. The number of hydrogen-bond acceptors (Lipinski definition) is 2. The van der Waals surface area contributed by atoms with Crippen molar-refractivity contribution < 1.29 is 5.11 Å². The molecule has 0 aromatic carbocycles. The van der Waals surface area contributed by atoms with Crippen molar-refractivity contribution in [1.29, 1.82) is 0 Å². The van der Waals surface area contributed by atoms with Gasteiger partial charge in [0.1, 0.15) is 6.61 Å². The third-order valence-corrected chi connectivity index (χ3v) is 1.27. The van der Waals surface area contributed by atoms with E-state index < -0.39 is 0 Å². The van der Waals surface area contributed by atoms with Gasteiger partial charge in [-0.2, -0.15) is 0 Å². The predicted octanol–water partition coefficient (Wildman–Crippen LogP) is 1.07. The van der Waals surface area contributed by atoms with E-state index in [2.05, 4.69) is 4.98 Å². The summed E-state index contributed by atoms with van der Waals surface area (Å²) in [5.41, 5.74) is 2.30. The van der Waals surface area contributed by atoms with Crippen LogP contribution in [0.4, 0.5) is 0 Å². The molecule has 1 radical (unpaired) electrons. The Labute approximate surface area is 45.5 Å². The molecule has 0 amide bonds. The van der Waals surface area contributed by atoms with E-state index >= 15 is 0 Å². The van der Waals surface area contributed by atoms with Gasteiger partial charge in [0.05, 0.1) is 11.2 Å². The molecule has 3 heteroatoms. The predicted molar refractivity (Wildman–Crippen MR) is 26.5 cm³/mol. The van der Waals surface area contributed by atoms with E-state index in [9.17, 15) is 5.11 Å². The van der Waals surface area contributed by atoms with E-state index in [-0.39, 0.29) is 6.61 Å². The van der Waals surface area contributed by atoms with Crippen LogP contribution >= 0.6 is 11.3 Å². The Morgan fingerprint density at radius 1 is 1.86 bits per heavy atom. The summed E-state index contributed by atoms with van der Waals surface area (Å²) >= 11 is 1.45. The smallest absolute Gasteiger partial charge is 0.125 e. The number of nitrogens with zero attached hydrogens (tertiary/aromatic N) is 1. The maximum absolute atomic E-state index is 9.94. The third-order valence-electron chi connectivity index (χ3n) is 0.631. The van der Waals surface area contributed by atoms with Gasteiger partial charge in [-0.25, -0.2) is 10.1 Å². The lowest BCUT2D eigenvalue weighted by Crippen LogP contribution is -1.75. The van der Waals surface area contributed by atoms with Crippen LogP contribution in [0, 0.1) is 0 Å². The van der Waals surface area contributed by atoms with E-state index in [1.54, 1.807) is 10.9 Å². The number of hydrogen-bond donors (Lipinski definition) is 0. The highest BCUT2D eigenvalue weighted by molar-refractivity contribution is 7.07. The normalized spacial score (nSPS) is 9.29. The molecular weight excluding hydrogens is 110 g/mol. The molecular formula is C4H4NOS. The van der Waals surface area contributed by atoms with E-state index in [1.807, 2.05) is 0 Å². The maximum atomic E-state index is 9.94. The summed E-state index contributed by atoms with van der Waals surface area (Å²) in [6.07, 6.45) is 0. The molecule has 0 N–H and O–H groups in total. The van der Waals surface area contributed by atoms with Crippen LogP contribution in [0.1, 0.15) is 5.69 Å². The second-order valence-electron chi connectivity index (χ2n) is 1.12. The second-order valence-corrected chi connectivity index (χ2v) is 1.84. The Morgan fingerprint density at radius 2 is 2.71 bits per heavy atom. The minimum atomic E-state index is -0.191. The Morgan fingerprint density at radius 3 is 3.00 bits per heavy atom. The topological polar surface area (TPSA) is 32.8 Å². The van der Waals surface area contributed by atoms with Gasteiger partial charge in [0.25, 0.3) is 0 Å². The van der Waals surface area contributed by atoms with Crippen molar-refractivity contribution in [2.75, 3.05) is 0 Å². The van der Waals surface area contributed by atoms with Crippen LogP contribution in [0.25, 0.3) is 0 Å². The highest BCUT2D eigenvalue weighted by atomic mass is 32.1. The largest absolute Gasteiger partial charge is 0.247 e. The molecule has 0 aliphatic rings. The first kappa shape index (κ1) is 4.74. The highest BCUT2D eigenvalue weighted by Gasteiger charge is 1.87. The van der Waals surface area contributed by atoms with Crippen molar-refractivity contribution in [3.8, 4) is 0 Å². The van der Waals surface area contributed by atoms with Crippen LogP contribution in [0.15, 0.2) is 10.9 Å². The van der Waals surface area contributed by atoms with Crippen LogP contribution in [0.5, 0.6) is 0 Å². The SMILES string of the molecule is [O]Cc1cscn1. The van der Waals surface area contributed by atoms with Gasteiger partial charge in [-0.1, -0.05) is 0 Å². The molecule has 0 saturated heterocycles. The zero-order chi connectivity index (χ0) is 5.11. The molecule has 2 nitrogen and oxygen atoms in total. The number of rotatable bonds is 1. The summed E-state index contributed by atoms with van der Waals surface area (Å²) in [7, 11) is 0. The van der Waals surface area contributed by atoms with Gasteiger partial charge < -0.3 is 0 Å². The van der Waals surface area contributed by atoms with Crippen molar-refractivity contribution >= 4 is 11.3 Å². The summed E-state index contributed by atoms with van der Waals surface area (Å²) in [4.78, 5) is 3.74. The summed E-state index contributed by atoms with van der Waals surface area (Å²) in [5, 5.41) is 11.7. The average molecular weight is 114 g/mol. The summed E-state index contributed by atoms with van der Waals surface area (Å²) in [6.45, 7) is -0.191. The van der Waals surface area contributed by atoms with Crippen molar-refractivity contribution in [3.05, 3.63) is 16.6 Å². The van der Waals surface area contributed by atoms with Gasteiger partial charge in [-0.05, 0) is 0 Å². The molecule has 0 spiro atoms. The van der Waals surface area contributed by atoms with E-state index in [4.69, 9.17) is 0 Å². The maximum Gasteiger partial charge on any atom is 0.125 e. The monoisotopic (exact) mass is 114 g/mol. The zero-order valence-electron chi connectivity index (χ0n) is 3.63. The minimum Gasteiger partial charge on any atom is -0.247 e. The quantitative estimate of drug-likeness (QED) is 0.537. The standard InChI is InChI=1S/C4H4NOS/c6-1-4-2-7-3-5-4/h2-3H,1H2. The molecule has 0 bridgehead atoms. The molecule has 7 heavy (non-hydrogen) atoms. The molecule has 0 atom stereocenters. The molecule has 1 heterocycles. The second kappa shape index (κ2) is 2.04. The van der Waals surface area contributed by atoms with Crippen molar-refractivity contribution in [2.24, 2.45) is 0 Å². The van der Waals surface area contributed by atoms with E-state index in [0.717, 1.165) is 0 Å². The van der Waals surface area contributed by atoms with E-state index in [0.29, 0.717) is 5.69 Å². The molecule has 0 aliphatic carbocycles. The molecule has 0 unspecified atom stereocenters. The fraction of sp³-hybridized carbons (Fsp3) is 0.250. The lowest BCUT2D eigenvalue weighted by atomic mass is 10.5. The van der Waals surface area contributed by atoms with Crippen LogP contribution in [0.2, 0.25) is 0 Å². The minimum absolute atomic E-state index is 0.191. The summed E-state index contributed by atoms with van der Waals surface area (Å²) < 4.78 is 0. The zero-order valence-corrected chi connectivity index (χ0v) is 4.44. The molecule has 1 rings (SSSR count). The molecule has 0 saturated carbocycles. The third kappa shape index (κ3) is 0.976. The fourth-order valence-electron chi connectivity index (χ4n) is 0.309. The molecule has 1 aromatic rings. The Balaban J connectivity index is 2.76. The summed E-state index contributed by atoms with van der Waals surface area (Å²) in [6, 6.07) is 0. The van der Waals surface area contributed by atoms with Gasteiger partial charge in [0.2, 0.25) is 0 Å². The van der Waals surface area contributed by atoms with E-state index in [1.165, 1.54) is 11.3 Å². The first-order valence-electron chi connectivity index (χ1n) is 1.88. The van der Waals surface area contributed by atoms with Crippen LogP contribution < -0.4 is 0 Å². The average Bonchev–Trinajstić information content (AvgIpc) is 2.14. The molecule has 37 valence electrons.